The fraction of sp³-hybridized carbons (Fsp3) is 0.333. The summed E-state index contributed by atoms with van der Waals surface area (Å²) in [5, 5.41) is 9.25. The number of amides is 1. The van der Waals surface area contributed by atoms with E-state index < -0.39 is 5.97 Å². The molecule has 1 aromatic carbocycles. The molecule has 0 fully saturated rings. The molecule has 1 aliphatic carbocycles. The number of thiophene rings is 1. The Morgan fingerprint density at radius 3 is 2.76 bits per heavy atom. The van der Waals surface area contributed by atoms with Crippen molar-refractivity contribution >= 4 is 39.3 Å². The first-order valence-electron chi connectivity index (χ1n) is 7.94. The summed E-state index contributed by atoms with van der Waals surface area (Å²) in [6, 6.07) is 9.56. The molecule has 0 bridgehead atoms. The van der Waals surface area contributed by atoms with Crippen molar-refractivity contribution in [3.8, 4) is 0 Å². The van der Waals surface area contributed by atoms with Crippen LogP contribution in [0.3, 0.4) is 0 Å². The summed E-state index contributed by atoms with van der Waals surface area (Å²) >= 11 is 4.73. The zero-order valence-electron chi connectivity index (χ0n) is 13.7. The predicted octanol–water partition coefficient (Wildman–Crippen LogP) is 4.33. The van der Waals surface area contributed by atoms with Gasteiger partial charge in [0.25, 0.3) is 0 Å². The second-order valence-corrected chi connectivity index (χ2v) is 7.90. The van der Waals surface area contributed by atoms with Crippen molar-refractivity contribution in [1.82, 2.24) is 4.90 Å². The predicted molar refractivity (Wildman–Crippen MR) is 99.2 cm³/mol. The minimum absolute atomic E-state index is 0.00307. The van der Waals surface area contributed by atoms with E-state index in [2.05, 4.69) is 15.9 Å². The maximum absolute atomic E-state index is 12.3. The second-order valence-electron chi connectivity index (χ2n) is 6.00. The zero-order chi connectivity index (χ0) is 18.0. The lowest BCUT2D eigenvalue weighted by molar-refractivity contribution is 0.0700. The van der Waals surface area contributed by atoms with E-state index in [1.54, 1.807) is 11.9 Å². The van der Waals surface area contributed by atoms with Gasteiger partial charge in [-0.25, -0.2) is 9.59 Å². The number of hydrogen-bond donors (Lipinski definition) is 1. The molecule has 0 saturated carbocycles. The maximum atomic E-state index is 12.3. The summed E-state index contributed by atoms with van der Waals surface area (Å²) in [4.78, 5) is 26.6. The molecule has 0 aliphatic heterocycles. The third kappa shape index (κ3) is 3.88. The first-order valence-corrected chi connectivity index (χ1v) is 9.55. The smallest absolute Gasteiger partial charge is 0.410 e. The monoisotopic (exact) mass is 423 g/mol. The number of aromatic carboxylic acids is 1. The Labute approximate surface area is 158 Å². The lowest BCUT2D eigenvalue weighted by Crippen LogP contribution is -2.40. The molecule has 132 valence electrons. The van der Waals surface area contributed by atoms with Gasteiger partial charge in [-0.3, -0.25) is 0 Å². The highest BCUT2D eigenvalue weighted by Gasteiger charge is 2.31. The van der Waals surface area contributed by atoms with Crippen molar-refractivity contribution in [2.45, 2.75) is 31.9 Å². The summed E-state index contributed by atoms with van der Waals surface area (Å²) in [5.41, 5.74) is 1.95. The van der Waals surface area contributed by atoms with Gasteiger partial charge in [0.1, 0.15) is 11.5 Å². The molecular formula is C18H18BrNO4S. The molecule has 1 heterocycles. The fourth-order valence-electron chi connectivity index (χ4n) is 2.97. The van der Waals surface area contributed by atoms with E-state index in [1.165, 1.54) is 11.3 Å². The molecule has 1 amide bonds. The number of fused-ring (bicyclic) bond motifs is 1. The van der Waals surface area contributed by atoms with Gasteiger partial charge in [-0.05, 0) is 46.3 Å². The number of carbonyl (C=O) groups excluding carboxylic acids is 1. The SMILES string of the molecule is CN(C(=O)OCc1ccccc1)C1CCc2sc(C(=O)O)c(Br)c2C1. The summed E-state index contributed by atoms with van der Waals surface area (Å²) in [6.07, 6.45) is 1.85. The molecule has 0 spiro atoms. The highest BCUT2D eigenvalue weighted by Crippen LogP contribution is 2.39. The number of benzene rings is 1. The van der Waals surface area contributed by atoms with E-state index in [1.807, 2.05) is 30.3 Å². The topological polar surface area (TPSA) is 66.8 Å². The Morgan fingerprint density at radius 2 is 2.08 bits per heavy atom. The number of aryl methyl sites for hydroxylation is 1. The summed E-state index contributed by atoms with van der Waals surface area (Å²) in [7, 11) is 1.74. The van der Waals surface area contributed by atoms with Gasteiger partial charge in [0.05, 0.1) is 0 Å². The Hall–Kier alpha value is -1.86. The number of rotatable bonds is 4. The van der Waals surface area contributed by atoms with Crippen LogP contribution >= 0.6 is 27.3 Å². The average Bonchev–Trinajstić information content (AvgIpc) is 2.96. The van der Waals surface area contributed by atoms with Gasteiger partial charge in [0, 0.05) is 22.4 Å². The first-order chi connectivity index (χ1) is 12.0. The molecule has 1 aliphatic rings. The van der Waals surface area contributed by atoms with Crippen LogP contribution in [0.1, 0.15) is 32.1 Å². The van der Waals surface area contributed by atoms with Crippen molar-refractivity contribution in [1.29, 1.82) is 0 Å². The Kier molecular flexibility index (Phi) is 5.44. The fourth-order valence-corrected chi connectivity index (χ4v) is 4.99. The molecule has 3 rings (SSSR count). The van der Waals surface area contributed by atoms with Crippen molar-refractivity contribution in [2.75, 3.05) is 7.05 Å². The van der Waals surface area contributed by atoms with Crippen LogP contribution < -0.4 is 0 Å². The standard InChI is InChI=1S/C18H18BrNO4S/c1-20(18(23)24-10-11-5-3-2-4-6-11)12-7-8-14-13(9-12)15(19)16(25-14)17(21)22/h2-6,12H,7-10H2,1H3,(H,21,22). The van der Waals surface area contributed by atoms with Crippen molar-refractivity contribution < 1.29 is 19.4 Å². The molecule has 7 heteroatoms. The minimum atomic E-state index is -0.918. The number of carboxylic acid groups (broad SMARTS) is 1. The summed E-state index contributed by atoms with van der Waals surface area (Å²) in [6.45, 7) is 0.243. The summed E-state index contributed by atoms with van der Waals surface area (Å²) < 4.78 is 6.04. The van der Waals surface area contributed by atoms with E-state index in [9.17, 15) is 14.7 Å². The Bertz CT molecular complexity index is 790. The number of nitrogens with zero attached hydrogens (tertiary/aromatic N) is 1. The van der Waals surface area contributed by atoms with E-state index in [0.29, 0.717) is 15.8 Å². The van der Waals surface area contributed by atoms with E-state index in [-0.39, 0.29) is 18.7 Å². The molecule has 5 nitrogen and oxygen atoms in total. The molecule has 1 aromatic heterocycles. The van der Waals surface area contributed by atoms with Gasteiger partial charge in [-0.2, -0.15) is 0 Å². The number of likely N-dealkylation sites (N-methyl/N-ethyl adjacent to an activating group) is 1. The van der Waals surface area contributed by atoms with E-state index in [4.69, 9.17) is 4.74 Å². The molecule has 25 heavy (non-hydrogen) atoms. The van der Waals surface area contributed by atoms with Gasteiger partial charge >= 0.3 is 12.1 Å². The molecule has 0 radical (unpaired) electrons. The third-order valence-electron chi connectivity index (χ3n) is 4.41. The van der Waals surface area contributed by atoms with Crippen LogP contribution in [-0.2, 0) is 24.2 Å². The van der Waals surface area contributed by atoms with Crippen LogP contribution in [-0.4, -0.2) is 35.2 Å². The Balaban J connectivity index is 1.64. The van der Waals surface area contributed by atoms with Crippen LogP contribution in [0, 0.1) is 0 Å². The van der Waals surface area contributed by atoms with Gasteiger partial charge in [-0.1, -0.05) is 30.3 Å². The molecule has 1 atom stereocenters. The van der Waals surface area contributed by atoms with Crippen molar-refractivity contribution in [3.63, 3.8) is 0 Å². The van der Waals surface area contributed by atoms with Crippen LogP contribution in [0.4, 0.5) is 4.79 Å². The van der Waals surface area contributed by atoms with Gasteiger partial charge in [0.2, 0.25) is 0 Å². The number of ether oxygens (including phenoxy) is 1. The van der Waals surface area contributed by atoms with Crippen LogP contribution in [0.15, 0.2) is 34.8 Å². The highest BCUT2D eigenvalue weighted by molar-refractivity contribution is 9.10. The lowest BCUT2D eigenvalue weighted by atomic mass is 9.93. The average molecular weight is 424 g/mol. The maximum Gasteiger partial charge on any atom is 0.410 e. The van der Waals surface area contributed by atoms with Gasteiger partial charge in [0.15, 0.2) is 0 Å². The number of halogens is 1. The molecule has 1 N–H and O–H groups in total. The Morgan fingerprint density at radius 1 is 1.36 bits per heavy atom. The minimum Gasteiger partial charge on any atom is -0.477 e. The number of hydrogen-bond acceptors (Lipinski definition) is 4. The quantitative estimate of drug-likeness (QED) is 0.793. The van der Waals surface area contributed by atoms with Crippen LogP contribution in [0.5, 0.6) is 0 Å². The van der Waals surface area contributed by atoms with Crippen molar-refractivity contribution in [2.24, 2.45) is 0 Å². The normalized spacial score (nSPS) is 16.2. The zero-order valence-corrected chi connectivity index (χ0v) is 16.1. The van der Waals surface area contributed by atoms with Gasteiger partial charge < -0.3 is 14.7 Å². The van der Waals surface area contributed by atoms with Crippen molar-refractivity contribution in [3.05, 3.63) is 55.7 Å². The lowest BCUT2D eigenvalue weighted by Gasteiger charge is -2.30. The molecule has 2 aromatic rings. The third-order valence-corrected chi connectivity index (χ3v) is 6.82. The number of carboxylic acids is 1. The highest BCUT2D eigenvalue weighted by atomic mass is 79.9. The molecule has 0 saturated heterocycles. The first kappa shape index (κ1) is 17.9. The van der Waals surface area contributed by atoms with Crippen LogP contribution in [0.2, 0.25) is 0 Å². The van der Waals surface area contributed by atoms with E-state index in [0.717, 1.165) is 28.8 Å². The largest absolute Gasteiger partial charge is 0.477 e. The molecule has 1 unspecified atom stereocenters. The second kappa shape index (κ2) is 7.58. The summed E-state index contributed by atoms with van der Waals surface area (Å²) in [5.74, 6) is -0.918. The molecular weight excluding hydrogens is 406 g/mol. The van der Waals surface area contributed by atoms with E-state index >= 15 is 0 Å². The number of carbonyl (C=O) groups is 2. The van der Waals surface area contributed by atoms with Crippen LogP contribution in [0.25, 0.3) is 0 Å². The van der Waals surface area contributed by atoms with Gasteiger partial charge in [-0.15, -0.1) is 11.3 Å².